The van der Waals surface area contributed by atoms with Crippen LogP contribution in [0.4, 0.5) is 0 Å². The van der Waals surface area contributed by atoms with Crippen LogP contribution in [0.3, 0.4) is 0 Å². The summed E-state index contributed by atoms with van der Waals surface area (Å²) >= 11 is 0. The van der Waals surface area contributed by atoms with E-state index in [0.717, 1.165) is 24.3 Å². The molecule has 1 fully saturated rings. The Labute approximate surface area is 175 Å². The van der Waals surface area contributed by atoms with E-state index in [2.05, 4.69) is 29.0 Å². The lowest BCUT2D eigenvalue weighted by Crippen LogP contribution is -2.64. The lowest BCUT2D eigenvalue weighted by molar-refractivity contribution is -0.175. The number of para-hydroxylation sites is 2. The highest BCUT2D eigenvalue weighted by atomic mass is 16.5. The van der Waals surface area contributed by atoms with Gasteiger partial charge in [-0.25, -0.2) is 0 Å². The van der Waals surface area contributed by atoms with Gasteiger partial charge in [-0.05, 0) is 42.5 Å². The summed E-state index contributed by atoms with van der Waals surface area (Å²) in [5, 5.41) is 1.20. The van der Waals surface area contributed by atoms with Crippen molar-refractivity contribution >= 4 is 22.7 Å². The Morgan fingerprint density at radius 3 is 2.73 bits per heavy atom. The van der Waals surface area contributed by atoms with Gasteiger partial charge in [0.05, 0.1) is 0 Å². The Morgan fingerprint density at radius 2 is 1.90 bits per heavy atom. The molecule has 2 aliphatic rings. The van der Waals surface area contributed by atoms with E-state index in [9.17, 15) is 9.59 Å². The Kier molecular flexibility index (Phi) is 4.31. The van der Waals surface area contributed by atoms with Crippen LogP contribution >= 0.6 is 0 Å². The fourth-order valence-electron chi connectivity index (χ4n) is 5.11. The van der Waals surface area contributed by atoms with Crippen molar-refractivity contribution in [3.8, 4) is 5.75 Å². The van der Waals surface area contributed by atoms with E-state index in [4.69, 9.17) is 10.5 Å². The third-order valence-electron chi connectivity index (χ3n) is 6.52. The summed E-state index contributed by atoms with van der Waals surface area (Å²) < 4.78 is 8.50. The molecule has 2 N–H and O–H groups in total. The monoisotopic (exact) mass is 403 g/mol. The molecule has 2 bridgehead atoms. The lowest BCUT2D eigenvalue weighted by atomic mass is 9.73. The third-order valence-corrected chi connectivity index (χ3v) is 6.52. The summed E-state index contributed by atoms with van der Waals surface area (Å²) in [6.07, 6.45) is 3.39. The van der Waals surface area contributed by atoms with Crippen LogP contribution in [0.15, 0.2) is 60.8 Å². The first-order valence-electron chi connectivity index (χ1n) is 10.4. The topological polar surface area (TPSA) is 77.6 Å². The number of primary amides is 1. The van der Waals surface area contributed by atoms with Crippen molar-refractivity contribution in [2.24, 2.45) is 11.7 Å². The maximum absolute atomic E-state index is 13.3. The second-order valence-electron chi connectivity index (χ2n) is 8.42. The summed E-state index contributed by atoms with van der Waals surface area (Å²) in [4.78, 5) is 27.3. The van der Waals surface area contributed by atoms with Crippen molar-refractivity contribution in [3.05, 3.63) is 66.4 Å². The van der Waals surface area contributed by atoms with Crippen molar-refractivity contribution < 1.29 is 14.3 Å². The predicted molar refractivity (Wildman–Crippen MR) is 114 cm³/mol. The number of ether oxygens (including phenoxy) is 1. The van der Waals surface area contributed by atoms with Gasteiger partial charge in [0.25, 0.3) is 0 Å². The average Bonchev–Trinajstić information content (AvgIpc) is 3.13. The number of aromatic nitrogens is 1. The number of hydrogen-bond acceptors (Lipinski definition) is 3. The molecule has 2 aliphatic heterocycles. The van der Waals surface area contributed by atoms with Crippen LogP contribution in [0.1, 0.15) is 31.2 Å². The Morgan fingerprint density at radius 1 is 1.13 bits per heavy atom. The van der Waals surface area contributed by atoms with Gasteiger partial charge in [0, 0.05) is 37.1 Å². The molecule has 0 spiro atoms. The van der Waals surface area contributed by atoms with Crippen LogP contribution < -0.4 is 10.5 Å². The minimum Gasteiger partial charge on any atom is -0.468 e. The first-order chi connectivity index (χ1) is 14.5. The molecule has 0 aliphatic carbocycles. The number of carbonyl (C=O) groups excluding carboxylic acids is 2. The number of rotatable bonds is 5. The normalized spacial score (nSPS) is 25.1. The third kappa shape index (κ3) is 2.86. The minimum atomic E-state index is -0.851. The van der Waals surface area contributed by atoms with Crippen LogP contribution in [-0.4, -0.2) is 33.6 Å². The van der Waals surface area contributed by atoms with E-state index in [1.54, 1.807) is 4.90 Å². The number of carbonyl (C=O) groups is 2. The molecule has 5 rings (SSSR count). The predicted octanol–water partition coefficient (Wildman–Crippen LogP) is 3.26. The summed E-state index contributed by atoms with van der Waals surface area (Å²) in [6, 6.07) is 18.0. The molecule has 1 saturated heterocycles. The van der Waals surface area contributed by atoms with Gasteiger partial charge in [-0.1, -0.05) is 36.4 Å². The second-order valence-corrected chi connectivity index (χ2v) is 8.42. The highest BCUT2D eigenvalue weighted by molar-refractivity contribution is 6.01. The fourth-order valence-corrected chi connectivity index (χ4v) is 5.11. The minimum absolute atomic E-state index is 0.229. The number of fused-ring (bicyclic) bond motifs is 5. The Hall–Kier alpha value is -3.28. The molecule has 3 atom stereocenters. The molecule has 3 heterocycles. The van der Waals surface area contributed by atoms with Crippen LogP contribution in [0.5, 0.6) is 5.75 Å². The van der Waals surface area contributed by atoms with E-state index in [-0.39, 0.29) is 11.8 Å². The largest absolute Gasteiger partial charge is 0.468 e. The average molecular weight is 403 g/mol. The zero-order chi connectivity index (χ0) is 20.9. The molecule has 1 aromatic heterocycles. The van der Waals surface area contributed by atoms with E-state index >= 15 is 0 Å². The molecule has 2 aromatic carbocycles. The van der Waals surface area contributed by atoms with E-state index in [1.165, 1.54) is 10.9 Å². The number of nitrogens with zero attached hydrogens (tertiary/aromatic N) is 2. The molecule has 3 aromatic rings. The smallest absolute Gasteiger partial charge is 0.238 e. The molecule has 0 radical (unpaired) electrons. The lowest BCUT2D eigenvalue weighted by Gasteiger charge is -2.52. The Balaban J connectivity index is 1.40. The van der Waals surface area contributed by atoms with Crippen LogP contribution in [0.25, 0.3) is 10.9 Å². The molecule has 0 saturated carbocycles. The summed E-state index contributed by atoms with van der Waals surface area (Å²) in [5.41, 5.74) is 6.98. The van der Waals surface area contributed by atoms with Crippen molar-refractivity contribution in [1.82, 2.24) is 9.47 Å². The summed E-state index contributed by atoms with van der Waals surface area (Å²) in [5.74, 6) is -1.15. The maximum Gasteiger partial charge on any atom is 0.238 e. The molecule has 6 heteroatoms. The zero-order valence-corrected chi connectivity index (χ0v) is 17.0. The standard InChI is InChI=1S/C24H25N3O3/c1-24-15-18(17-8-3-5-10-20(17)30-24)21(22(25)28)23(29)27(24)13-6-12-26-14-11-16-7-2-4-9-19(16)26/h2-5,7-11,14,18,21H,6,12-13,15H2,1H3,(H2,25,28)/t18-,21-,24-/m0/s1. The molecule has 2 amide bonds. The number of aryl methyl sites for hydroxylation is 1. The summed E-state index contributed by atoms with van der Waals surface area (Å²) in [6.45, 7) is 3.21. The number of hydrogen-bond donors (Lipinski definition) is 1. The van der Waals surface area contributed by atoms with Crippen molar-refractivity contribution in [3.63, 3.8) is 0 Å². The van der Waals surface area contributed by atoms with E-state index in [0.29, 0.717) is 13.0 Å². The molecule has 0 unspecified atom stereocenters. The zero-order valence-electron chi connectivity index (χ0n) is 17.0. The van der Waals surface area contributed by atoms with Gasteiger partial charge in [-0.3, -0.25) is 9.59 Å². The molecular formula is C24H25N3O3. The number of piperidine rings is 1. The SMILES string of the molecule is C[C@@]12C[C@@H](c3ccccc3O1)[C@@H](C(N)=O)C(=O)N2CCCn1ccc2ccccc21. The Bertz CT molecular complexity index is 1140. The quantitative estimate of drug-likeness (QED) is 0.664. The molecule has 30 heavy (non-hydrogen) atoms. The van der Waals surface area contributed by atoms with Crippen LogP contribution in [0.2, 0.25) is 0 Å². The first kappa shape index (κ1) is 18.7. The highest BCUT2D eigenvalue weighted by Gasteiger charge is 2.55. The second kappa shape index (κ2) is 6.90. The van der Waals surface area contributed by atoms with Gasteiger partial charge >= 0.3 is 0 Å². The van der Waals surface area contributed by atoms with Gasteiger partial charge in [0.2, 0.25) is 11.8 Å². The number of benzene rings is 2. The fraction of sp³-hybridized carbons (Fsp3) is 0.333. The van der Waals surface area contributed by atoms with Crippen LogP contribution in [0, 0.1) is 5.92 Å². The van der Waals surface area contributed by atoms with E-state index < -0.39 is 17.6 Å². The highest BCUT2D eigenvalue weighted by Crippen LogP contribution is 2.49. The van der Waals surface area contributed by atoms with E-state index in [1.807, 2.05) is 43.3 Å². The van der Waals surface area contributed by atoms with Gasteiger partial charge in [-0.15, -0.1) is 0 Å². The molecule has 6 nitrogen and oxygen atoms in total. The number of amides is 2. The number of nitrogens with two attached hydrogens (primary N) is 1. The van der Waals surface area contributed by atoms with Crippen molar-refractivity contribution in [2.45, 2.75) is 38.0 Å². The van der Waals surface area contributed by atoms with Gasteiger partial charge < -0.3 is 19.9 Å². The summed E-state index contributed by atoms with van der Waals surface area (Å²) in [7, 11) is 0. The molecular weight excluding hydrogens is 378 g/mol. The van der Waals surface area contributed by atoms with Crippen LogP contribution in [-0.2, 0) is 16.1 Å². The number of likely N-dealkylation sites (tertiary alicyclic amines) is 1. The maximum atomic E-state index is 13.3. The van der Waals surface area contributed by atoms with Gasteiger partial charge in [0.15, 0.2) is 5.72 Å². The molecule has 154 valence electrons. The van der Waals surface area contributed by atoms with Crippen molar-refractivity contribution in [2.75, 3.05) is 6.54 Å². The van der Waals surface area contributed by atoms with Gasteiger partial charge in [-0.2, -0.15) is 0 Å². The van der Waals surface area contributed by atoms with Crippen molar-refractivity contribution in [1.29, 1.82) is 0 Å². The van der Waals surface area contributed by atoms with Gasteiger partial charge in [0.1, 0.15) is 11.7 Å². The first-order valence-corrected chi connectivity index (χ1v) is 10.4.